The standard InChI is InChI=1S/C10H14INO/c1-4-13-10-7-8(12(2)3)5-6-9(10)11/h5-7H,4H2,1-3H3. The fourth-order valence-electron chi connectivity index (χ4n) is 1.04. The molecule has 0 N–H and O–H groups in total. The largest absolute Gasteiger partial charge is 0.493 e. The summed E-state index contributed by atoms with van der Waals surface area (Å²) in [6.07, 6.45) is 0. The molecule has 0 atom stereocenters. The molecule has 13 heavy (non-hydrogen) atoms. The van der Waals surface area contributed by atoms with Crippen LogP contribution in [-0.4, -0.2) is 20.7 Å². The predicted molar refractivity (Wildman–Crippen MR) is 64.7 cm³/mol. The summed E-state index contributed by atoms with van der Waals surface area (Å²) in [6, 6.07) is 6.22. The molecule has 1 aromatic rings. The zero-order valence-corrected chi connectivity index (χ0v) is 10.3. The molecule has 0 bridgehead atoms. The Balaban J connectivity index is 2.97. The molecule has 0 aliphatic heterocycles. The maximum atomic E-state index is 5.49. The monoisotopic (exact) mass is 291 g/mol. The Hall–Kier alpha value is -0.450. The maximum absolute atomic E-state index is 5.49. The Morgan fingerprint density at radius 1 is 1.38 bits per heavy atom. The van der Waals surface area contributed by atoms with Gasteiger partial charge in [0.2, 0.25) is 0 Å². The Bertz CT molecular complexity index is 286. The van der Waals surface area contributed by atoms with Crippen LogP contribution < -0.4 is 9.64 Å². The quantitative estimate of drug-likeness (QED) is 0.794. The number of rotatable bonds is 3. The molecular weight excluding hydrogens is 277 g/mol. The number of nitrogens with zero attached hydrogens (tertiary/aromatic N) is 1. The molecule has 0 spiro atoms. The van der Waals surface area contributed by atoms with Gasteiger partial charge in [0.15, 0.2) is 0 Å². The van der Waals surface area contributed by atoms with Crippen molar-refractivity contribution in [1.82, 2.24) is 0 Å². The van der Waals surface area contributed by atoms with E-state index in [1.165, 1.54) is 5.69 Å². The fourth-order valence-corrected chi connectivity index (χ4v) is 1.53. The van der Waals surface area contributed by atoms with Crippen molar-refractivity contribution in [2.24, 2.45) is 0 Å². The van der Waals surface area contributed by atoms with Crippen molar-refractivity contribution in [3.05, 3.63) is 21.8 Å². The van der Waals surface area contributed by atoms with E-state index < -0.39 is 0 Å². The van der Waals surface area contributed by atoms with Crippen LogP contribution in [0.1, 0.15) is 6.92 Å². The first-order valence-electron chi connectivity index (χ1n) is 4.24. The van der Waals surface area contributed by atoms with Crippen LogP contribution >= 0.6 is 22.6 Å². The first kappa shape index (κ1) is 10.6. The van der Waals surface area contributed by atoms with Gasteiger partial charge in [-0.3, -0.25) is 0 Å². The second-order valence-electron chi connectivity index (χ2n) is 2.94. The van der Waals surface area contributed by atoms with Gasteiger partial charge in [-0.2, -0.15) is 0 Å². The summed E-state index contributed by atoms with van der Waals surface area (Å²) in [5, 5.41) is 0. The summed E-state index contributed by atoms with van der Waals surface area (Å²) in [7, 11) is 4.05. The molecule has 0 radical (unpaired) electrons. The highest BCUT2D eigenvalue weighted by molar-refractivity contribution is 14.1. The van der Waals surface area contributed by atoms with Crippen molar-refractivity contribution in [3.8, 4) is 5.75 Å². The number of hydrogen-bond donors (Lipinski definition) is 0. The van der Waals surface area contributed by atoms with Gasteiger partial charge in [0.05, 0.1) is 10.2 Å². The van der Waals surface area contributed by atoms with Crippen molar-refractivity contribution < 1.29 is 4.74 Å². The first-order chi connectivity index (χ1) is 6.15. The molecule has 0 heterocycles. The van der Waals surface area contributed by atoms with Crippen LogP contribution in [0, 0.1) is 3.57 Å². The van der Waals surface area contributed by atoms with Gasteiger partial charge >= 0.3 is 0 Å². The van der Waals surface area contributed by atoms with Crippen molar-refractivity contribution >= 4 is 28.3 Å². The van der Waals surface area contributed by atoms with Crippen LogP contribution in [0.5, 0.6) is 5.75 Å². The molecule has 0 unspecified atom stereocenters. The molecule has 0 aromatic heterocycles. The van der Waals surface area contributed by atoms with Gasteiger partial charge < -0.3 is 9.64 Å². The lowest BCUT2D eigenvalue weighted by Gasteiger charge is -2.14. The number of halogens is 1. The fraction of sp³-hybridized carbons (Fsp3) is 0.400. The number of anilines is 1. The van der Waals surface area contributed by atoms with Gasteiger partial charge in [-0.25, -0.2) is 0 Å². The summed E-state index contributed by atoms with van der Waals surface area (Å²) in [4.78, 5) is 2.07. The van der Waals surface area contributed by atoms with Gasteiger partial charge in [-0.15, -0.1) is 0 Å². The summed E-state index contributed by atoms with van der Waals surface area (Å²) in [5.74, 6) is 0.967. The summed E-state index contributed by atoms with van der Waals surface area (Å²) >= 11 is 2.28. The van der Waals surface area contributed by atoms with Crippen LogP contribution in [0.2, 0.25) is 0 Å². The Morgan fingerprint density at radius 2 is 2.08 bits per heavy atom. The van der Waals surface area contributed by atoms with Crippen LogP contribution in [-0.2, 0) is 0 Å². The minimum absolute atomic E-state index is 0.715. The van der Waals surface area contributed by atoms with Gasteiger partial charge in [0.25, 0.3) is 0 Å². The van der Waals surface area contributed by atoms with Crippen molar-refractivity contribution in [1.29, 1.82) is 0 Å². The second-order valence-corrected chi connectivity index (χ2v) is 4.10. The van der Waals surface area contributed by atoms with E-state index in [4.69, 9.17) is 4.74 Å². The Labute approximate surface area is 93.0 Å². The lowest BCUT2D eigenvalue weighted by atomic mass is 10.3. The highest BCUT2D eigenvalue weighted by Crippen LogP contribution is 2.25. The van der Waals surface area contributed by atoms with Gasteiger partial charge in [-0.05, 0) is 41.6 Å². The van der Waals surface area contributed by atoms with E-state index in [1.807, 2.05) is 21.0 Å². The van der Waals surface area contributed by atoms with Crippen LogP contribution in [0.15, 0.2) is 18.2 Å². The highest BCUT2D eigenvalue weighted by Gasteiger charge is 2.02. The molecule has 0 aliphatic carbocycles. The third-order valence-electron chi connectivity index (χ3n) is 1.73. The zero-order valence-electron chi connectivity index (χ0n) is 8.17. The molecule has 0 saturated heterocycles. The van der Waals surface area contributed by atoms with Gasteiger partial charge in [-0.1, -0.05) is 0 Å². The first-order valence-corrected chi connectivity index (χ1v) is 5.32. The third kappa shape index (κ3) is 2.76. The molecule has 2 nitrogen and oxygen atoms in total. The number of hydrogen-bond acceptors (Lipinski definition) is 2. The second kappa shape index (κ2) is 4.69. The molecule has 1 aromatic carbocycles. The predicted octanol–water partition coefficient (Wildman–Crippen LogP) is 2.76. The van der Waals surface area contributed by atoms with Crippen LogP contribution in [0.25, 0.3) is 0 Å². The van der Waals surface area contributed by atoms with Gasteiger partial charge in [0.1, 0.15) is 5.75 Å². The topological polar surface area (TPSA) is 12.5 Å². The van der Waals surface area contributed by atoms with Gasteiger partial charge in [0, 0.05) is 25.8 Å². The van der Waals surface area contributed by atoms with E-state index >= 15 is 0 Å². The third-order valence-corrected chi connectivity index (χ3v) is 2.62. The Kier molecular flexibility index (Phi) is 3.84. The lowest BCUT2D eigenvalue weighted by molar-refractivity contribution is 0.338. The summed E-state index contributed by atoms with van der Waals surface area (Å²) < 4.78 is 6.65. The van der Waals surface area contributed by atoms with E-state index in [9.17, 15) is 0 Å². The highest BCUT2D eigenvalue weighted by atomic mass is 127. The molecule has 0 amide bonds. The van der Waals surface area contributed by atoms with Crippen molar-refractivity contribution in [2.75, 3.05) is 25.6 Å². The maximum Gasteiger partial charge on any atom is 0.134 e. The molecule has 72 valence electrons. The molecule has 0 aliphatic rings. The number of benzene rings is 1. The minimum Gasteiger partial charge on any atom is -0.493 e. The normalized spacial score (nSPS) is 9.85. The van der Waals surface area contributed by atoms with E-state index in [1.54, 1.807) is 0 Å². The molecular formula is C10H14INO. The summed E-state index contributed by atoms with van der Waals surface area (Å²) in [5.41, 5.74) is 1.17. The smallest absolute Gasteiger partial charge is 0.134 e. The molecule has 3 heteroatoms. The summed E-state index contributed by atoms with van der Waals surface area (Å²) in [6.45, 7) is 2.71. The molecule has 1 rings (SSSR count). The average Bonchev–Trinajstić information content (AvgIpc) is 2.08. The molecule has 0 saturated carbocycles. The average molecular weight is 291 g/mol. The van der Waals surface area contributed by atoms with E-state index in [2.05, 4.69) is 45.7 Å². The zero-order chi connectivity index (χ0) is 9.84. The Morgan fingerprint density at radius 3 is 2.62 bits per heavy atom. The lowest BCUT2D eigenvalue weighted by Crippen LogP contribution is -2.08. The van der Waals surface area contributed by atoms with E-state index in [0.29, 0.717) is 6.61 Å². The van der Waals surface area contributed by atoms with Crippen molar-refractivity contribution in [3.63, 3.8) is 0 Å². The van der Waals surface area contributed by atoms with E-state index in [-0.39, 0.29) is 0 Å². The van der Waals surface area contributed by atoms with Crippen molar-refractivity contribution in [2.45, 2.75) is 6.92 Å². The minimum atomic E-state index is 0.715. The SMILES string of the molecule is CCOc1cc(N(C)C)ccc1I. The number of ether oxygens (including phenoxy) is 1. The van der Waals surface area contributed by atoms with Crippen LogP contribution in [0.3, 0.4) is 0 Å². The van der Waals surface area contributed by atoms with Crippen LogP contribution in [0.4, 0.5) is 5.69 Å². The molecule has 0 fully saturated rings. The van der Waals surface area contributed by atoms with E-state index in [0.717, 1.165) is 9.32 Å².